The van der Waals surface area contributed by atoms with E-state index in [1.165, 1.54) is 0 Å². The van der Waals surface area contributed by atoms with Gasteiger partial charge in [-0.1, -0.05) is 37.3 Å². The monoisotopic (exact) mass is 313 g/mol. The molecule has 4 heteroatoms. The van der Waals surface area contributed by atoms with Crippen LogP contribution in [0.3, 0.4) is 0 Å². The highest BCUT2D eigenvalue weighted by Gasteiger charge is 2.12. The summed E-state index contributed by atoms with van der Waals surface area (Å²) in [6, 6.07) is 15.1. The molecular weight excluding hydrogens is 290 g/mol. The zero-order valence-electron chi connectivity index (χ0n) is 13.6. The van der Waals surface area contributed by atoms with Crippen LogP contribution in [0.4, 0.5) is 5.69 Å². The first-order valence-electron chi connectivity index (χ1n) is 7.74. The Kier molecular flexibility index (Phi) is 6.18. The zero-order valence-corrected chi connectivity index (χ0v) is 13.6. The molecule has 0 fully saturated rings. The molecule has 122 valence electrons. The van der Waals surface area contributed by atoms with Gasteiger partial charge in [0.05, 0.1) is 13.7 Å². The van der Waals surface area contributed by atoms with E-state index in [0.717, 1.165) is 23.3 Å². The van der Waals surface area contributed by atoms with Crippen molar-refractivity contribution < 1.29 is 14.6 Å². The third-order valence-corrected chi connectivity index (χ3v) is 3.69. The van der Waals surface area contributed by atoms with Gasteiger partial charge in [-0.2, -0.15) is 0 Å². The van der Waals surface area contributed by atoms with E-state index in [2.05, 4.69) is 12.2 Å². The first kappa shape index (κ1) is 17.0. The molecule has 0 aliphatic rings. The van der Waals surface area contributed by atoms with Gasteiger partial charge in [0.2, 0.25) is 5.91 Å². The molecule has 1 amide bonds. The maximum absolute atomic E-state index is 12.2. The topological polar surface area (TPSA) is 58.6 Å². The summed E-state index contributed by atoms with van der Waals surface area (Å²) in [5, 5.41) is 12.0. The molecule has 0 saturated heterocycles. The van der Waals surface area contributed by atoms with Crippen molar-refractivity contribution in [2.75, 3.05) is 12.4 Å². The quantitative estimate of drug-likeness (QED) is 0.823. The molecule has 0 spiro atoms. The first-order chi connectivity index (χ1) is 11.1. The summed E-state index contributed by atoms with van der Waals surface area (Å²) in [6.45, 7) is 2.02. The smallest absolute Gasteiger partial charge is 0.224 e. The SMILES string of the molecule is COc1ccccc1CC(C)CC(=O)Nc1cccc(CO)c1. The Hall–Kier alpha value is -2.33. The normalized spacial score (nSPS) is 11.8. The number of para-hydroxylation sites is 1. The summed E-state index contributed by atoms with van der Waals surface area (Å²) >= 11 is 0. The lowest BCUT2D eigenvalue weighted by atomic mass is 9.97. The second-order valence-electron chi connectivity index (χ2n) is 5.73. The Morgan fingerprint density at radius 2 is 2.00 bits per heavy atom. The second-order valence-corrected chi connectivity index (χ2v) is 5.73. The Morgan fingerprint density at radius 1 is 1.22 bits per heavy atom. The molecule has 0 aliphatic carbocycles. The van der Waals surface area contributed by atoms with Gasteiger partial charge in [0.25, 0.3) is 0 Å². The highest BCUT2D eigenvalue weighted by atomic mass is 16.5. The average molecular weight is 313 g/mol. The number of ether oxygens (including phenoxy) is 1. The van der Waals surface area contributed by atoms with Crippen LogP contribution in [-0.2, 0) is 17.8 Å². The molecule has 0 bridgehead atoms. The number of nitrogens with one attached hydrogen (secondary N) is 1. The summed E-state index contributed by atoms with van der Waals surface area (Å²) in [4.78, 5) is 12.2. The van der Waals surface area contributed by atoms with E-state index in [-0.39, 0.29) is 18.4 Å². The molecule has 23 heavy (non-hydrogen) atoms. The molecular formula is C19H23NO3. The fourth-order valence-electron chi connectivity index (χ4n) is 2.60. The van der Waals surface area contributed by atoms with Crippen LogP contribution in [-0.4, -0.2) is 18.1 Å². The van der Waals surface area contributed by atoms with Crippen molar-refractivity contribution in [3.05, 3.63) is 59.7 Å². The third-order valence-electron chi connectivity index (χ3n) is 3.69. The number of hydrogen-bond acceptors (Lipinski definition) is 3. The predicted molar refractivity (Wildman–Crippen MR) is 91.5 cm³/mol. The maximum atomic E-state index is 12.2. The molecule has 2 rings (SSSR count). The van der Waals surface area contributed by atoms with Crippen molar-refractivity contribution in [3.8, 4) is 5.75 Å². The Balaban J connectivity index is 1.91. The third kappa shape index (κ3) is 5.11. The Bertz CT molecular complexity index is 655. The fourth-order valence-corrected chi connectivity index (χ4v) is 2.60. The number of hydrogen-bond donors (Lipinski definition) is 2. The molecule has 0 saturated carbocycles. The number of carbonyl (C=O) groups is 1. The van der Waals surface area contributed by atoms with E-state index >= 15 is 0 Å². The standard InChI is InChI=1S/C19H23NO3/c1-14(10-16-7-3-4-9-18(16)23-2)11-19(22)20-17-8-5-6-15(12-17)13-21/h3-9,12,14,21H,10-11,13H2,1-2H3,(H,20,22). The van der Waals surface area contributed by atoms with Gasteiger partial charge >= 0.3 is 0 Å². The second kappa shape index (κ2) is 8.34. The van der Waals surface area contributed by atoms with Crippen molar-refractivity contribution in [2.45, 2.75) is 26.4 Å². The number of aliphatic hydroxyl groups excluding tert-OH is 1. The fraction of sp³-hybridized carbons (Fsp3) is 0.316. The molecule has 0 radical (unpaired) electrons. The van der Waals surface area contributed by atoms with Crippen molar-refractivity contribution >= 4 is 11.6 Å². The van der Waals surface area contributed by atoms with Gasteiger partial charge in [-0.15, -0.1) is 0 Å². The van der Waals surface area contributed by atoms with Gasteiger partial charge in [-0.3, -0.25) is 4.79 Å². The Morgan fingerprint density at radius 3 is 2.74 bits per heavy atom. The van der Waals surface area contributed by atoms with Crippen LogP contribution in [0.5, 0.6) is 5.75 Å². The van der Waals surface area contributed by atoms with Gasteiger partial charge in [-0.05, 0) is 41.7 Å². The van der Waals surface area contributed by atoms with Crippen LogP contribution < -0.4 is 10.1 Å². The minimum absolute atomic E-state index is 0.0255. The molecule has 0 aromatic heterocycles. The van der Waals surface area contributed by atoms with Crippen molar-refractivity contribution in [1.82, 2.24) is 0 Å². The first-order valence-corrected chi connectivity index (χ1v) is 7.74. The van der Waals surface area contributed by atoms with Crippen LogP contribution in [0.1, 0.15) is 24.5 Å². The molecule has 4 nitrogen and oxygen atoms in total. The number of rotatable bonds is 7. The molecule has 0 heterocycles. The average Bonchev–Trinajstić information content (AvgIpc) is 2.55. The Labute approximate surface area is 137 Å². The lowest BCUT2D eigenvalue weighted by molar-refractivity contribution is -0.116. The molecule has 1 unspecified atom stereocenters. The van der Waals surface area contributed by atoms with Crippen LogP contribution in [0.2, 0.25) is 0 Å². The highest BCUT2D eigenvalue weighted by molar-refractivity contribution is 5.90. The number of anilines is 1. The van der Waals surface area contributed by atoms with Gasteiger partial charge in [-0.25, -0.2) is 0 Å². The number of carbonyl (C=O) groups excluding carboxylic acids is 1. The molecule has 1 atom stereocenters. The van der Waals surface area contributed by atoms with Crippen molar-refractivity contribution in [3.63, 3.8) is 0 Å². The molecule has 2 N–H and O–H groups in total. The van der Waals surface area contributed by atoms with E-state index < -0.39 is 0 Å². The lowest BCUT2D eigenvalue weighted by Crippen LogP contribution is -2.16. The number of methoxy groups -OCH3 is 1. The van der Waals surface area contributed by atoms with E-state index in [9.17, 15) is 4.79 Å². The summed E-state index contributed by atoms with van der Waals surface area (Å²) in [6.07, 6.45) is 1.22. The van der Waals surface area contributed by atoms with Gasteiger partial charge in [0.1, 0.15) is 5.75 Å². The van der Waals surface area contributed by atoms with E-state index in [1.807, 2.05) is 42.5 Å². The van der Waals surface area contributed by atoms with E-state index in [0.29, 0.717) is 12.1 Å². The van der Waals surface area contributed by atoms with Crippen molar-refractivity contribution in [1.29, 1.82) is 0 Å². The number of aliphatic hydroxyl groups is 1. The highest BCUT2D eigenvalue weighted by Crippen LogP contribution is 2.22. The van der Waals surface area contributed by atoms with Crippen LogP contribution in [0, 0.1) is 5.92 Å². The molecule has 2 aromatic rings. The minimum Gasteiger partial charge on any atom is -0.496 e. The predicted octanol–water partition coefficient (Wildman–Crippen LogP) is 3.39. The number of benzene rings is 2. The van der Waals surface area contributed by atoms with Crippen molar-refractivity contribution in [2.24, 2.45) is 5.92 Å². The van der Waals surface area contributed by atoms with Crippen LogP contribution >= 0.6 is 0 Å². The molecule has 2 aromatic carbocycles. The van der Waals surface area contributed by atoms with Crippen LogP contribution in [0.25, 0.3) is 0 Å². The largest absolute Gasteiger partial charge is 0.496 e. The summed E-state index contributed by atoms with van der Waals surface area (Å²) in [5.41, 5.74) is 2.61. The zero-order chi connectivity index (χ0) is 16.7. The van der Waals surface area contributed by atoms with E-state index in [1.54, 1.807) is 13.2 Å². The van der Waals surface area contributed by atoms with Gasteiger partial charge in [0.15, 0.2) is 0 Å². The maximum Gasteiger partial charge on any atom is 0.224 e. The minimum atomic E-state index is -0.0338. The lowest BCUT2D eigenvalue weighted by Gasteiger charge is -2.14. The molecule has 0 aliphatic heterocycles. The van der Waals surface area contributed by atoms with Gasteiger partial charge in [0, 0.05) is 12.1 Å². The summed E-state index contributed by atoms with van der Waals surface area (Å²) in [5.74, 6) is 1.03. The summed E-state index contributed by atoms with van der Waals surface area (Å²) in [7, 11) is 1.66. The van der Waals surface area contributed by atoms with Gasteiger partial charge < -0.3 is 15.2 Å². The number of amides is 1. The summed E-state index contributed by atoms with van der Waals surface area (Å²) < 4.78 is 5.35. The van der Waals surface area contributed by atoms with E-state index in [4.69, 9.17) is 9.84 Å². The van der Waals surface area contributed by atoms with Crippen LogP contribution in [0.15, 0.2) is 48.5 Å².